The Morgan fingerprint density at radius 2 is 0.877 bits per heavy atom. The van der Waals surface area contributed by atoms with E-state index in [4.69, 9.17) is 19.7 Å². The summed E-state index contributed by atoms with van der Waals surface area (Å²) < 4.78 is 23.5. The van der Waals surface area contributed by atoms with Crippen LogP contribution in [0, 0.1) is 17.1 Å². The standard InChI is InChI=1S/C59H37FN4O/c60-50-35-46(41-30-31-53-52-28-12-13-29-54(52)59(65-55(53)37-41,48-23-6-2-7-24-48)49-25-8-3-9-26-49)34-47(36-50)58-63-56(43-21-14-19-40(32-43)39-16-4-1-5-17-39)62-57(64-58)44-22-15-20-42(33-44)51-27-11-10-18-45(51)38-61/h1-37H. The van der Waals surface area contributed by atoms with Gasteiger partial charge in [0.15, 0.2) is 23.1 Å². The van der Waals surface area contributed by atoms with Gasteiger partial charge in [-0.3, -0.25) is 0 Å². The molecule has 1 aliphatic heterocycles. The van der Waals surface area contributed by atoms with Crippen LogP contribution in [0.3, 0.4) is 0 Å². The molecule has 9 aromatic carbocycles. The van der Waals surface area contributed by atoms with E-state index in [0.717, 1.165) is 66.8 Å². The molecular weight excluding hydrogens is 800 g/mol. The number of nitrogens with zero attached hydrogens (tertiary/aromatic N) is 4. The van der Waals surface area contributed by atoms with Gasteiger partial charge >= 0.3 is 0 Å². The van der Waals surface area contributed by atoms with E-state index in [9.17, 15) is 5.26 Å². The second-order valence-electron chi connectivity index (χ2n) is 16.0. The summed E-state index contributed by atoms with van der Waals surface area (Å²) in [5.74, 6) is 1.41. The molecule has 0 saturated heterocycles. The van der Waals surface area contributed by atoms with Crippen molar-refractivity contribution in [1.82, 2.24) is 15.0 Å². The molecule has 0 bridgehead atoms. The molecule has 0 N–H and O–H groups in total. The molecule has 5 nitrogen and oxygen atoms in total. The Balaban J connectivity index is 1.05. The maximum atomic E-state index is 16.2. The number of nitriles is 1. The van der Waals surface area contributed by atoms with E-state index < -0.39 is 11.4 Å². The Morgan fingerprint density at radius 1 is 0.385 bits per heavy atom. The van der Waals surface area contributed by atoms with Crippen molar-refractivity contribution in [3.05, 3.63) is 253 Å². The first kappa shape index (κ1) is 39.1. The summed E-state index contributed by atoms with van der Waals surface area (Å²) in [6.45, 7) is 0. The summed E-state index contributed by atoms with van der Waals surface area (Å²) >= 11 is 0. The highest BCUT2D eigenvalue weighted by Gasteiger charge is 2.44. The maximum absolute atomic E-state index is 16.2. The molecule has 65 heavy (non-hydrogen) atoms. The molecule has 0 aliphatic carbocycles. The lowest BCUT2D eigenvalue weighted by molar-refractivity contribution is 0.152. The number of fused-ring (bicyclic) bond motifs is 3. The van der Waals surface area contributed by atoms with Crippen LogP contribution in [0.25, 0.3) is 78.7 Å². The van der Waals surface area contributed by atoms with Gasteiger partial charge in [-0.2, -0.15) is 5.26 Å². The van der Waals surface area contributed by atoms with Gasteiger partial charge in [-0.1, -0.05) is 182 Å². The summed E-state index contributed by atoms with van der Waals surface area (Å²) in [7, 11) is 0. The number of hydrogen-bond acceptors (Lipinski definition) is 5. The van der Waals surface area contributed by atoms with Gasteiger partial charge in [0.2, 0.25) is 0 Å². The van der Waals surface area contributed by atoms with E-state index in [2.05, 4.69) is 84.9 Å². The first-order valence-electron chi connectivity index (χ1n) is 21.4. The van der Waals surface area contributed by atoms with Crippen LogP contribution in [-0.2, 0) is 5.60 Å². The SMILES string of the molecule is N#Cc1ccccc1-c1cccc(-c2nc(-c3cccc(-c4ccccc4)c3)nc(-c3cc(F)cc(-c4ccc5c(c4)OC(c4ccccc4)(c4ccccc4)c4ccccc4-5)c3)n2)c1. The zero-order valence-corrected chi connectivity index (χ0v) is 34.9. The number of benzene rings is 9. The predicted octanol–water partition coefficient (Wildman–Crippen LogP) is 14.2. The number of hydrogen-bond donors (Lipinski definition) is 0. The summed E-state index contributed by atoms with van der Waals surface area (Å²) in [6, 6.07) is 75.8. The van der Waals surface area contributed by atoms with Crippen LogP contribution < -0.4 is 4.74 Å². The fourth-order valence-electron chi connectivity index (χ4n) is 8.97. The van der Waals surface area contributed by atoms with Crippen molar-refractivity contribution in [2.45, 2.75) is 5.60 Å². The third-order valence-electron chi connectivity index (χ3n) is 12.0. The predicted molar refractivity (Wildman–Crippen MR) is 256 cm³/mol. The van der Waals surface area contributed by atoms with Gasteiger partial charge in [0.1, 0.15) is 11.6 Å². The third-order valence-corrected chi connectivity index (χ3v) is 12.0. The van der Waals surface area contributed by atoms with Crippen LogP contribution in [0.5, 0.6) is 5.75 Å². The first-order chi connectivity index (χ1) is 32.0. The van der Waals surface area contributed by atoms with Gasteiger partial charge in [-0.15, -0.1) is 0 Å². The lowest BCUT2D eigenvalue weighted by Gasteiger charge is -2.41. The Hall–Kier alpha value is -8.79. The highest BCUT2D eigenvalue weighted by atomic mass is 19.1. The van der Waals surface area contributed by atoms with E-state index in [1.165, 1.54) is 12.1 Å². The van der Waals surface area contributed by atoms with Crippen LogP contribution in [0.4, 0.5) is 4.39 Å². The smallest absolute Gasteiger partial charge is 0.185 e. The molecule has 0 radical (unpaired) electrons. The number of halogens is 1. The normalized spacial score (nSPS) is 12.3. The zero-order chi connectivity index (χ0) is 43.7. The number of ether oxygens (including phenoxy) is 1. The second-order valence-corrected chi connectivity index (χ2v) is 16.0. The van der Waals surface area contributed by atoms with Gasteiger partial charge in [0.25, 0.3) is 0 Å². The largest absolute Gasteiger partial charge is 0.472 e. The van der Waals surface area contributed by atoms with Crippen molar-refractivity contribution in [2.24, 2.45) is 0 Å². The van der Waals surface area contributed by atoms with E-state index in [1.807, 2.05) is 127 Å². The van der Waals surface area contributed by atoms with Crippen molar-refractivity contribution >= 4 is 0 Å². The molecular formula is C59H37FN4O. The first-order valence-corrected chi connectivity index (χ1v) is 21.4. The molecule has 2 heterocycles. The van der Waals surface area contributed by atoms with Crippen LogP contribution >= 0.6 is 0 Å². The van der Waals surface area contributed by atoms with E-state index in [-0.39, 0.29) is 0 Å². The van der Waals surface area contributed by atoms with Crippen molar-refractivity contribution in [1.29, 1.82) is 5.26 Å². The zero-order valence-electron chi connectivity index (χ0n) is 34.9. The molecule has 10 aromatic rings. The second kappa shape index (κ2) is 16.5. The molecule has 0 unspecified atom stereocenters. The van der Waals surface area contributed by atoms with Gasteiger partial charge in [0, 0.05) is 38.9 Å². The average Bonchev–Trinajstić information content (AvgIpc) is 3.38. The van der Waals surface area contributed by atoms with Crippen LogP contribution in [0.1, 0.15) is 22.3 Å². The summed E-state index contributed by atoms with van der Waals surface area (Å²) in [6.07, 6.45) is 0. The number of aromatic nitrogens is 3. The summed E-state index contributed by atoms with van der Waals surface area (Å²) in [4.78, 5) is 15.1. The fraction of sp³-hybridized carbons (Fsp3) is 0.0169. The monoisotopic (exact) mass is 836 g/mol. The minimum atomic E-state index is -0.943. The van der Waals surface area contributed by atoms with E-state index >= 15 is 4.39 Å². The van der Waals surface area contributed by atoms with Crippen molar-refractivity contribution < 1.29 is 9.13 Å². The third kappa shape index (κ3) is 7.21. The molecule has 306 valence electrons. The molecule has 0 amide bonds. The van der Waals surface area contributed by atoms with Crippen molar-refractivity contribution in [2.75, 3.05) is 0 Å². The lowest BCUT2D eigenvalue weighted by atomic mass is 9.75. The lowest BCUT2D eigenvalue weighted by Crippen LogP contribution is -2.38. The van der Waals surface area contributed by atoms with Gasteiger partial charge in [-0.05, 0) is 81.4 Å². The van der Waals surface area contributed by atoms with Crippen LogP contribution in [0.2, 0.25) is 0 Å². The van der Waals surface area contributed by atoms with Gasteiger partial charge in [0.05, 0.1) is 11.6 Å². The van der Waals surface area contributed by atoms with Gasteiger partial charge < -0.3 is 4.74 Å². The Bertz CT molecular complexity index is 3400. The van der Waals surface area contributed by atoms with Gasteiger partial charge in [-0.25, -0.2) is 19.3 Å². The van der Waals surface area contributed by atoms with E-state index in [0.29, 0.717) is 39.9 Å². The highest BCUT2D eigenvalue weighted by molar-refractivity contribution is 5.84. The topological polar surface area (TPSA) is 71.7 Å². The summed E-state index contributed by atoms with van der Waals surface area (Å²) in [5.41, 5.74) is 11.8. The molecule has 0 fully saturated rings. The fourth-order valence-corrected chi connectivity index (χ4v) is 8.97. The van der Waals surface area contributed by atoms with Crippen LogP contribution in [-0.4, -0.2) is 15.0 Å². The maximum Gasteiger partial charge on any atom is 0.185 e. The quantitative estimate of drug-likeness (QED) is 0.152. The number of rotatable bonds is 8. The minimum absolute atomic E-state index is 0.314. The highest BCUT2D eigenvalue weighted by Crippen LogP contribution is 2.52. The minimum Gasteiger partial charge on any atom is -0.472 e. The summed E-state index contributed by atoms with van der Waals surface area (Å²) in [5, 5.41) is 9.92. The molecule has 0 saturated carbocycles. The van der Waals surface area contributed by atoms with Crippen molar-refractivity contribution in [3.63, 3.8) is 0 Å². The molecule has 1 aliphatic rings. The molecule has 11 rings (SSSR count). The Morgan fingerprint density at radius 3 is 1.55 bits per heavy atom. The molecule has 0 atom stereocenters. The molecule has 6 heteroatoms. The Kier molecular flexibility index (Phi) is 9.91. The average molecular weight is 837 g/mol. The Labute approximate surface area is 376 Å². The van der Waals surface area contributed by atoms with Crippen molar-refractivity contribution in [3.8, 4) is 90.5 Å². The molecule has 1 aromatic heterocycles. The van der Waals surface area contributed by atoms with E-state index in [1.54, 1.807) is 6.07 Å². The van der Waals surface area contributed by atoms with Crippen LogP contribution in [0.15, 0.2) is 224 Å². The molecule has 0 spiro atoms.